The summed E-state index contributed by atoms with van der Waals surface area (Å²) in [6.07, 6.45) is -0.0779. The van der Waals surface area contributed by atoms with E-state index in [1.54, 1.807) is 12.1 Å². The zero-order valence-corrected chi connectivity index (χ0v) is 9.82. The van der Waals surface area contributed by atoms with Crippen molar-refractivity contribution in [3.05, 3.63) is 29.8 Å². The van der Waals surface area contributed by atoms with Crippen LogP contribution in [-0.2, 0) is 9.59 Å². The van der Waals surface area contributed by atoms with Gasteiger partial charge in [0.2, 0.25) is 5.91 Å². The quantitative estimate of drug-likeness (QED) is 0.681. The molecular formula is C12H13N3O3. The predicted molar refractivity (Wildman–Crippen MR) is 64.9 cm³/mol. The van der Waals surface area contributed by atoms with Crippen molar-refractivity contribution < 1.29 is 14.4 Å². The molecule has 94 valence electrons. The standard InChI is InChI=1S/C12H13N3O3/c1-7-2-4-8(5-3-7)13-10(16)6-9-11(17)15-12(18)14-9/h2-5,9H,6H2,1H3,(H,13,16)(H2,14,15,17,18)/t9-/m1/s1. The molecule has 1 atom stereocenters. The van der Waals surface area contributed by atoms with Gasteiger partial charge < -0.3 is 10.6 Å². The lowest BCUT2D eigenvalue weighted by molar-refractivity contribution is -0.124. The largest absolute Gasteiger partial charge is 0.326 e. The van der Waals surface area contributed by atoms with E-state index in [1.165, 1.54) is 0 Å². The van der Waals surface area contributed by atoms with Gasteiger partial charge in [-0.25, -0.2) is 4.79 Å². The van der Waals surface area contributed by atoms with Crippen molar-refractivity contribution in [1.82, 2.24) is 10.6 Å². The summed E-state index contributed by atoms with van der Waals surface area (Å²) in [5.74, 6) is -0.791. The van der Waals surface area contributed by atoms with Crippen molar-refractivity contribution in [1.29, 1.82) is 0 Å². The van der Waals surface area contributed by atoms with Gasteiger partial charge in [-0.1, -0.05) is 17.7 Å². The molecule has 2 rings (SSSR count). The third kappa shape index (κ3) is 2.85. The monoisotopic (exact) mass is 247 g/mol. The van der Waals surface area contributed by atoms with Crippen molar-refractivity contribution in [2.24, 2.45) is 0 Å². The predicted octanol–water partition coefficient (Wildman–Crippen LogP) is 0.532. The Hall–Kier alpha value is -2.37. The van der Waals surface area contributed by atoms with Gasteiger partial charge in [-0.3, -0.25) is 14.9 Å². The number of hydrogen-bond acceptors (Lipinski definition) is 3. The Morgan fingerprint density at radius 1 is 1.28 bits per heavy atom. The maximum absolute atomic E-state index is 11.7. The number of benzene rings is 1. The van der Waals surface area contributed by atoms with Crippen molar-refractivity contribution in [3.8, 4) is 0 Å². The van der Waals surface area contributed by atoms with Gasteiger partial charge in [-0.15, -0.1) is 0 Å². The Morgan fingerprint density at radius 3 is 2.50 bits per heavy atom. The summed E-state index contributed by atoms with van der Waals surface area (Å²) in [7, 11) is 0. The molecule has 1 aliphatic rings. The van der Waals surface area contributed by atoms with Crippen LogP contribution in [0.15, 0.2) is 24.3 Å². The second-order valence-electron chi connectivity index (χ2n) is 4.13. The van der Waals surface area contributed by atoms with Gasteiger partial charge in [0.05, 0.1) is 6.42 Å². The highest BCUT2D eigenvalue weighted by Gasteiger charge is 2.31. The molecule has 1 fully saturated rings. The van der Waals surface area contributed by atoms with Gasteiger partial charge in [-0.05, 0) is 19.1 Å². The zero-order valence-electron chi connectivity index (χ0n) is 9.82. The number of carbonyl (C=O) groups is 3. The number of amides is 4. The van der Waals surface area contributed by atoms with Gasteiger partial charge in [0.1, 0.15) is 6.04 Å². The first kappa shape index (κ1) is 12.1. The Kier molecular flexibility index (Phi) is 3.27. The number of anilines is 1. The van der Waals surface area contributed by atoms with E-state index < -0.39 is 18.0 Å². The van der Waals surface area contributed by atoms with Crippen LogP contribution < -0.4 is 16.0 Å². The molecule has 1 saturated heterocycles. The topological polar surface area (TPSA) is 87.3 Å². The van der Waals surface area contributed by atoms with Gasteiger partial charge in [0, 0.05) is 5.69 Å². The van der Waals surface area contributed by atoms with Gasteiger partial charge in [0.25, 0.3) is 5.91 Å². The minimum atomic E-state index is -0.789. The molecule has 6 nitrogen and oxygen atoms in total. The molecule has 3 N–H and O–H groups in total. The Bertz CT molecular complexity index is 496. The fourth-order valence-corrected chi connectivity index (χ4v) is 1.64. The molecule has 1 aliphatic heterocycles. The molecule has 0 saturated carbocycles. The number of hydrogen-bond donors (Lipinski definition) is 3. The number of urea groups is 1. The average molecular weight is 247 g/mol. The second-order valence-corrected chi connectivity index (χ2v) is 4.13. The van der Waals surface area contributed by atoms with Gasteiger partial charge in [0.15, 0.2) is 0 Å². The molecule has 1 aromatic rings. The summed E-state index contributed by atoms with van der Waals surface area (Å²) in [6.45, 7) is 1.95. The lowest BCUT2D eigenvalue weighted by Crippen LogP contribution is -2.33. The van der Waals surface area contributed by atoms with E-state index in [-0.39, 0.29) is 12.3 Å². The maximum atomic E-state index is 11.7. The summed E-state index contributed by atoms with van der Waals surface area (Å²) in [4.78, 5) is 33.8. The fourth-order valence-electron chi connectivity index (χ4n) is 1.64. The summed E-state index contributed by atoms with van der Waals surface area (Å²) < 4.78 is 0. The van der Waals surface area contributed by atoms with Crippen molar-refractivity contribution >= 4 is 23.5 Å². The van der Waals surface area contributed by atoms with E-state index in [2.05, 4.69) is 16.0 Å². The molecule has 1 heterocycles. The Balaban J connectivity index is 1.91. The molecule has 0 spiro atoms. The van der Waals surface area contributed by atoms with E-state index in [4.69, 9.17) is 0 Å². The minimum Gasteiger partial charge on any atom is -0.326 e. The van der Waals surface area contributed by atoms with E-state index in [1.807, 2.05) is 19.1 Å². The van der Waals surface area contributed by atoms with Gasteiger partial charge >= 0.3 is 6.03 Å². The average Bonchev–Trinajstić information content (AvgIpc) is 2.61. The molecule has 0 aromatic heterocycles. The normalized spacial score (nSPS) is 18.2. The highest BCUT2D eigenvalue weighted by molar-refractivity contribution is 6.06. The van der Waals surface area contributed by atoms with E-state index in [0.717, 1.165) is 5.56 Å². The number of imide groups is 1. The smallest absolute Gasteiger partial charge is 0.322 e. The maximum Gasteiger partial charge on any atom is 0.322 e. The van der Waals surface area contributed by atoms with Crippen LogP contribution in [0.5, 0.6) is 0 Å². The van der Waals surface area contributed by atoms with E-state index >= 15 is 0 Å². The highest BCUT2D eigenvalue weighted by Crippen LogP contribution is 2.09. The molecule has 0 unspecified atom stereocenters. The summed E-state index contributed by atoms with van der Waals surface area (Å²) in [6, 6.07) is 5.96. The summed E-state index contributed by atoms with van der Waals surface area (Å²) in [5.41, 5.74) is 1.76. The van der Waals surface area contributed by atoms with Crippen LogP contribution in [0.1, 0.15) is 12.0 Å². The molecular weight excluding hydrogens is 234 g/mol. The molecule has 6 heteroatoms. The molecule has 18 heavy (non-hydrogen) atoms. The molecule has 0 radical (unpaired) electrons. The van der Waals surface area contributed by atoms with E-state index in [9.17, 15) is 14.4 Å². The van der Waals surface area contributed by atoms with Crippen molar-refractivity contribution in [2.75, 3.05) is 5.32 Å². The summed E-state index contributed by atoms with van der Waals surface area (Å²) in [5, 5.41) is 7.10. The first-order valence-corrected chi connectivity index (χ1v) is 5.52. The van der Waals surface area contributed by atoms with Crippen LogP contribution in [0.2, 0.25) is 0 Å². The minimum absolute atomic E-state index is 0.0779. The lowest BCUT2D eigenvalue weighted by Gasteiger charge is -2.08. The number of carbonyl (C=O) groups excluding carboxylic acids is 3. The SMILES string of the molecule is Cc1ccc(NC(=O)C[C@H]2NC(=O)NC2=O)cc1. The third-order valence-corrected chi connectivity index (χ3v) is 2.58. The van der Waals surface area contributed by atoms with Crippen LogP contribution in [-0.4, -0.2) is 23.9 Å². The van der Waals surface area contributed by atoms with Crippen molar-refractivity contribution in [2.45, 2.75) is 19.4 Å². The molecule has 1 aromatic carbocycles. The zero-order chi connectivity index (χ0) is 13.1. The summed E-state index contributed by atoms with van der Waals surface area (Å²) >= 11 is 0. The molecule has 4 amide bonds. The van der Waals surface area contributed by atoms with Crippen LogP contribution in [0.3, 0.4) is 0 Å². The number of nitrogens with one attached hydrogen (secondary N) is 3. The van der Waals surface area contributed by atoms with Crippen LogP contribution in [0.25, 0.3) is 0 Å². The number of rotatable bonds is 3. The lowest BCUT2D eigenvalue weighted by atomic mass is 10.2. The van der Waals surface area contributed by atoms with Crippen LogP contribution in [0, 0.1) is 6.92 Å². The first-order valence-electron chi connectivity index (χ1n) is 5.52. The third-order valence-electron chi connectivity index (χ3n) is 2.58. The van der Waals surface area contributed by atoms with Crippen LogP contribution in [0.4, 0.5) is 10.5 Å². The van der Waals surface area contributed by atoms with Crippen LogP contribution >= 0.6 is 0 Å². The van der Waals surface area contributed by atoms with Crippen molar-refractivity contribution in [3.63, 3.8) is 0 Å². The molecule has 0 bridgehead atoms. The first-order chi connectivity index (χ1) is 8.54. The Labute approximate surface area is 104 Å². The molecule has 0 aliphatic carbocycles. The number of aryl methyl sites for hydroxylation is 1. The fraction of sp³-hybridized carbons (Fsp3) is 0.250. The Morgan fingerprint density at radius 2 is 1.94 bits per heavy atom. The van der Waals surface area contributed by atoms with Gasteiger partial charge in [-0.2, -0.15) is 0 Å². The highest BCUT2D eigenvalue weighted by atomic mass is 16.2. The van der Waals surface area contributed by atoms with E-state index in [0.29, 0.717) is 5.69 Å². The second kappa shape index (κ2) is 4.87.